The first-order valence-electron chi connectivity index (χ1n) is 7.48. The number of halogens is 1. The van der Waals surface area contributed by atoms with Crippen molar-refractivity contribution in [1.29, 1.82) is 0 Å². The molecular formula is C16H21ClN4. The highest BCUT2D eigenvalue weighted by Gasteiger charge is 2.19. The molecule has 2 heterocycles. The number of para-hydroxylation sites is 1. The average Bonchev–Trinajstić information content (AvgIpc) is 3.00. The van der Waals surface area contributed by atoms with Gasteiger partial charge in [0.1, 0.15) is 5.69 Å². The number of likely N-dealkylation sites (N-methyl/N-ethyl adjacent to an activating group) is 1. The molecule has 0 aliphatic carbocycles. The van der Waals surface area contributed by atoms with Crippen LogP contribution in [0, 0.1) is 0 Å². The minimum Gasteiger partial charge on any atom is -0.382 e. The van der Waals surface area contributed by atoms with Gasteiger partial charge >= 0.3 is 0 Å². The van der Waals surface area contributed by atoms with Gasteiger partial charge in [-0.05, 0) is 44.6 Å². The third-order valence-corrected chi connectivity index (χ3v) is 4.47. The third kappa shape index (κ3) is 3.22. The Hall–Kier alpha value is -1.52. The van der Waals surface area contributed by atoms with Crippen molar-refractivity contribution in [3.63, 3.8) is 0 Å². The van der Waals surface area contributed by atoms with E-state index in [4.69, 9.17) is 11.6 Å². The molecule has 0 saturated carbocycles. The number of hydrogen-bond acceptors (Lipinski definition) is 3. The number of anilines is 1. The van der Waals surface area contributed by atoms with Gasteiger partial charge in [0.25, 0.3) is 0 Å². The van der Waals surface area contributed by atoms with Gasteiger partial charge in [-0.2, -0.15) is 5.10 Å². The van der Waals surface area contributed by atoms with E-state index in [1.165, 1.54) is 25.8 Å². The van der Waals surface area contributed by atoms with Crippen molar-refractivity contribution in [2.24, 2.45) is 0 Å². The summed E-state index contributed by atoms with van der Waals surface area (Å²) in [4.78, 5) is 2.44. The number of benzene rings is 1. The molecule has 4 nitrogen and oxygen atoms in total. The van der Waals surface area contributed by atoms with Gasteiger partial charge in [0.2, 0.25) is 0 Å². The third-order valence-electron chi connectivity index (χ3n) is 4.17. The van der Waals surface area contributed by atoms with Crippen molar-refractivity contribution in [1.82, 2.24) is 14.7 Å². The molecule has 1 aliphatic rings. The van der Waals surface area contributed by atoms with Gasteiger partial charge in [-0.3, -0.25) is 0 Å². The number of nitrogens with zero attached hydrogens (tertiary/aromatic N) is 3. The lowest BCUT2D eigenvalue weighted by Gasteiger charge is -2.33. The molecule has 1 N–H and O–H groups in total. The van der Waals surface area contributed by atoms with Crippen molar-refractivity contribution in [2.75, 3.05) is 25.5 Å². The fourth-order valence-electron chi connectivity index (χ4n) is 2.92. The molecule has 112 valence electrons. The molecule has 0 amide bonds. The van der Waals surface area contributed by atoms with E-state index in [2.05, 4.69) is 28.4 Å². The van der Waals surface area contributed by atoms with Crippen LogP contribution in [0.1, 0.15) is 19.3 Å². The Balaban J connectivity index is 1.78. The van der Waals surface area contributed by atoms with Crippen LogP contribution >= 0.6 is 11.6 Å². The Bertz CT molecular complexity index is 582. The van der Waals surface area contributed by atoms with E-state index < -0.39 is 0 Å². The number of rotatable bonds is 4. The molecule has 1 aromatic carbocycles. The highest BCUT2D eigenvalue weighted by atomic mass is 35.5. The van der Waals surface area contributed by atoms with Crippen molar-refractivity contribution in [3.8, 4) is 5.69 Å². The lowest BCUT2D eigenvalue weighted by Crippen LogP contribution is -2.40. The zero-order chi connectivity index (χ0) is 14.7. The minimum absolute atomic E-state index is 0.586. The van der Waals surface area contributed by atoms with E-state index >= 15 is 0 Å². The van der Waals surface area contributed by atoms with Crippen LogP contribution in [0.3, 0.4) is 0 Å². The molecule has 0 radical (unpaired) electrons. The van der Waals surface area contributed by atoms with Crippen LogP contribution in [-0.4, -0.2) is 40.9 Å². The van der Waals surface area contributed by atoms with E-state index in [0.29, 0.717) is 11.1 Å². The summed E-state index contributed by atoms with van der Waals surface area (Å²) in [6.07, 6.45) is 7.56. The van der Waals surface area contributed by atoms with Crippen molar-refractivity contribution in [2.45, 2.75) is 25.3 Å². The average molecular weight is 305 g/mol. The molecule has 1 aromatic heterocycles. The van der Waals surface area contributed by atoms with Gasteiger partial charge in [-0.1, -0.05) is 24.1 Å². The topological polar surface area (TPSA) is 33.1 Å². The van der Waals surface area contributed by atoms with Crippen LogP contribution in [0.4, 0.5) is 5.69 Å². The Morgan fingerprint density at radius 3 is 3.00 bits per heavy atom. The first-order valence-corrected chi connectivity index (χ1v) is 7.86. The maximum atomic E-state index is 6.36. The summed E-state index contributed by atoms with van der Waals surface area (Å²) in [7, 11) is 2.21. The second kappa shape index (κ2) is 6.50. The summed E-state index contributed by atoms with van der Waals surface area (Å²) in [6.45, 7) is 2.12. The van der Waals surface area contributed by atoms with Crippen LogP contribution in [0.2, 0.25) is 5.02 Å². The predicted molar refractivity (Wildman–Crippen MR) is 87.3 cm³/mol. The molecule has 0 spiro atoms. The van der Waals surface area contributed by atoms with E-state index in [9.17, 15) is 0 Å². The number of piperidine rings is 1. The maximum Gasteiger partial charge on any atom is 0.106 e. The SMILES string of the molecule is CN1CCCCC1CNc1cccc(Cl)c1-n1cccn1. The van der Waals surface area contributed by atoms with Crippen LogP contribution in [0.5, 0.6) is 0 Å². The monoisotopic (exact) mass is 304 g/mol. The van der Waals surface area contributed by atoms with Gasteiger partial charge in [-0.15, -0.1) is 0 Å². The van der Waals surface area contributed by atoms with Gasteiger partial charge in [0.15, 0.2) is 0 Å². The molecule has 1 saturated heterocycles. The van der Waals surface area contributed by atoms with E-state index in [0.717, 1.165) is 17.9 Å². The predicted octanol–water partition coefficient (Wildman–Crippen LogP) is 3.42. The summed E-state index contributed by atoms with van der Waals surface area (Å²) in [5.41, 5.74) is 1.95. The lowest BCUT2D eigenvalue weighted by atomic mass is 10.0. The molecule has 0 bridgehead atoms. The summed E-state index contributed by atoms with van der Waals surface area (Å²) in [5, 5.41) is 8.56. The van der Waals surface area contributed by atoms with E-state index in [-0.39, 0.29) is 0 Å². The summed E-state index contributed by atoms with van der Waals surface area (Å²) < 4.78 is 1.81. The summed E-state index contributed by atoms with van der Waals surface area (Å²) in [5.74, 6) is 0. The molecule has 2 aromatic rings. The normalized spacial score (nSPS) is 19.6. The van der Waals surface area contributed by atoms with Gasteiger partial charge in [-0.25, -0.2) is 4.68 Å². The number of aromatic nitrogens is 2. The molecule has 1 unspecified atom stereocenters. The van der Waals surface area contributed by atoms with Crippen molar-refractivity contribution < 1.29 is 0 Å². The molecule has 1 aliphatic heterocycles. The van der Waals surface area contributed by atoms with Crippen LogP contribution in [-0.2, 0) is 0 Å². The second-order valence-electron chi connectivity index (χ2n) is 5.60. The minimum atomic E-state index is 0.586. The van der Waals surface area contributed by atoms with Crippen LogP contribution in [0.25, 0.3) is 5.69 Å². The largest absolute Gasteiger partial charge is 0.382 e. The zero-order valence-corrected chi connectivity index (χ0v) is 13.1. The van der Waals surface area contributed by atoms with E-state index in [1.807, 2.05) is 29.1 Å². The zero-order valence-electron chi connectivity index (χ0n) is 12.3. The Kier molecular flexibility index (Phi) is 4.46. The Morgan fingerprint density at radius 1 is 1.33 bits per heavy atom. The fraction of sp³-hybridized carbons (Fsp3) is 0.438. The Morgan fingerprint density at radius 2 is 2.24 bits per heavy atom. The smallest absolute Gasteiger partial charge is 0.106 e. The molecule has 5 heteroatoms. The van der Waals surface area contributed by atoms with Crippen molar-refractivity contribution in [3.05, 3.63) is 41.7 Å². The standard InChI is InChI=1S/C16H21ClN4/c1-20-10-3-2-6-13(20)12-18-15-8-4-7-14(17)16(15)21-11-5-9-19-21/h4-5,7-9,11,13,18H,2-3,6,10,12H2,1H3. The van der Waals surface area contributed by atoms with E-state index in [1.54, 1.807) is 6.20 Å². The molecule has 1 fully saturated rings. The number of likely N-dealkylation sites (tertiary alicyclic amines) is 1. The lowest BCUT2D eigenvalue weighted by molar-refractivity contribution is 0.194. The van der Waals surface area contributed by atoms with Crippen LogP contribution in [0.15, 0.2) is 36.7 Å². The quantitative estimate of drug-likeness (QED) is 0.939. The number of nitrogens with one attached hydrogen (secondary N) is 1. The highest BCUT2D eigenvalue weighted by Crippen LogP contribution is 2.28. The van der Waals surface area contributed by atoms with Crippen molar-refractivity contribution >= 4 is 17.3 Å². The molecule has 21 heavy (non-hydrogen) atoms. The molecular weight excluding hydrogens is 284 g/mol. The highest BCUT2D eigenvalue weighted by molar-refractivity contribution is 6.33. The fourth-order valence-corrected chi connectivity index (χ4v) is 3.18. The van der Waals surface area contributed by atoms with Gasteiger partial charge in [0, 0.05) is 25.0 Å². The molecule has 1 atom stereocenters. The first-order chi connectivity index (χ1) is 10.3. The number of hydrogen-bond donors (Lipinski definition) is 1. The first kappa shape index (κ1) is 14.4. The second-order valence-corrected chi connectivity index (χ2v) is 6.00. The summed E-state index contributed by atoms with van der Waals surface area (Å²) in [6, 6.07) is 8.43. The maximum absolute atomic E-state index is 6.36. The van der Waals surface area contributed by atoms with Gasteiger partial charge < -0.3 is 10.2 Å². The van der Waals surface area contributed by atoms with Gasteiger partial charge in [0.05, 0.1) is 10.7 Å². The van der Waals surface area contributed by atoms with Crippen LogP contribution < -0.4 is 5.32 Å². The Labute approximate surface area is 130 Å². The summed E-state index contributed by atoms with van der Waals surface area (Å²) >= 11 is 6.36. The molecule has 3 rings (SSSR count).